The van der Waals surface area contributed by atoms with Crippen molar-refractivity contribution in [3.63, 3.8) is 0 Å². The standard InChI is InChI=1S/C19H26N6O3/c26-19(20-16-12-15-4-1-2-5-17(15)28-14-16)6-3-7-25-18(21-22-23-25)13-24-8-10-27-11-9-24/h1-2,4-5,16H,3,6-14H2,(H,20,26)/t16-/m0/s1. The number of carbonyl (C=O) groups excluding carboxylic acids is 1. The van der Waals surface area contributed by atoms with Gasteiger partial charge in [0.2, 0.25) is 5.91 Å². The molecule has 9 heteroatoms. The number of nitrogens with zero attached hydrogens (tertiary/aromatic N) is 5. The summed E-state index contributed by atoms with van der Waals surface area (Å²) in [5.41, 5.74) is 1.14. The van der Waals surface area contributed by atoms with Gasteiger partial charge in [0, 0.05) is 26.1 Å². The molecular formula is C19H26N6O3. The zero-order valence-corrected chi connectivity index (χ0v) is 15.9. The molecule has 0 spiro atoms. The Labute approximate surface area is 164 Å². The fourth-order valence-corrected chi connectivity index (χ4v) is 3.58. The molecule has 2 aliphatic heterocycles. The van der Waals surface area contributed by atoms with E-state index in [1.807, 2.05) is 24.3 Å². The molecule has 4 rings (SSSR count). The molecule has 1 fully saturated rings. The number of carbonyl (C=O) groups is 1. The molecular weight excluding hydrogens is 360 g/mol. The Morgan fingerprint density at radius 1 is 1.25 bits per heavy atom. The Kier molecular flexibility index (Phi) is 6.13. The summed E-state index contributed by atoms with van der Waals surface area (Å²) in [6.45, 7) is 5.13. The summed E-state index contributed by atoms with van der Waals surface area (Å²) < 4.78 is 12.9. The second-order valence-electron chi connectivity index (χ2n) is 7.20. The van der Waals surface area contributed by atoms with Gasteiger partial charge in [-0.1, -0.05) is 18.2 Å². The minimum Gasteiger partial charge on any atom is -0.491 e. The first-order valence-corrected chi connectivity index (χ1v) is 9.83. The van der Waals surface area contributed by atoms with Crippen molar-refractivity contribution >= 4 is 5.91 Å². The van der Waals surface area contributed by atoms with Gasteiger partial charge in [0.25, 0.3) is 0 Å². The number of hydrogen-bond acceptors (Lipinski definition) is 7. The molecule has 0 aliphatic carbocycles. The number of amides is 1. The van der Waals surface area contributed by atoms with Crippen LogP contribution >= 0.6 is 0 Å². The van der Waals surface area contributed by atoms with E-state index in [4.69, 9.17) is 9.47 Å². The molecule has 150 valence electrons. The van der Waals surface area contributed by atoms with Crippen LogP contribution < -0.4 is 10.1 Å². The lowest BCUT2D eigenvalue weighted by molar-refractivity contribution is -0.122. The van der Waals surface area contributed by atoms with Crippen LogP contribution in [0, 0.1) is 0 Å². The highest BCUT2D eigenvalue weighted by molar-refractivity contribution is 5.76. The van der Waals surface area contributed by atoms with Crippen molar-refractivity contribution in [2.24, 2.45) is 0 Å². The van der Waals surface area contributed by atoms with E-state index < -0.39 is 0 Å². The first-order valence-electron chi connectivity index (χ1n) is 9.83. The maximum absolute atomic E-state index is 12.3. The van der Waals surface area contributed by atoms with Crippen LogP contribution in [-0.4, -0.2) is 70.0 Å². The van der Waals surface area contributed by atoms with Crippen molar-refractivity contribution in [2.45, 2.75) is 38.4 Å². The molecule has 0 radical (unpaired) electrons. The summed E-state index contributed by atoms with van der Waals surface area (Å²) in [5, 5.41) is 15.1. The first-order chi connectivity index (χ1) is 13.8. The van der Waals surface area contributed by atoms with Gasteiger partial charge in [0.05, 0.1) is 25.8 Å². The number of tetrazole rings is 1. The fourth-order valence-electron chi connectivity index (χ4n) is 3.58. The normalized spacial score (nSPS) is 19.6. The molecule has 9 nitrogen and oxygen atoms in total. The quantitative estimate of drug-likeness (QED) is 0.736. The van der Waals surface area contributed by atoms with Crippen molar-refractivity contribution in [1.29, 1.82) is 0 Å². The molecule has 0 unspecified atom stereocenters. The van der Waals surface area contributed by atoms with E-state index >= 15 is 0 Å². The topological polar surface area (TPSA) is 94.4 Å². The predicted molar refractivity (Wildman–Crippen MR) is 101 cm³/mol. The molecule has 1 atom stereocenters. The molecule has 3 heterocycles. The zero-order valence-electron chi connectivity index (χ0n) is 15.9. The maximum Gasteiger partial charge on any atom is 0.220 e. The summed E-state index contributed by atoms with van der Waals surface area (Å²) in [5.74, 6) is 1.79. The number of aryl methyl sites for hydroxylation is 1. The largest absolute Gasteiger partial charge is 0.491 e. The van der Waals surface area contributed by atoms with Gasteiger partial charge in [-0.05, 0) is 34.9 Å². The minimum absolute atomic E-state index is 0.0207. The maximum atomic E-state index is 12.3. The van der Waals surface area contributed by atoms with Gasteiger partial charge in [-0.25, -0.2) is 4.68 Å². The zero-order chi connectivity index (χ0) is 19.2. The van der Waals surface area contributed by atoms with Crippen molar-refractivity contribution < 1.29 is 14.3 Å². The molecule has 28 heavy (non-hydrogen) atoms. The highest BCUT2D eigenvalue weighted by atomic mass is 16.5. The Morgan fingerprint density at radius 2 is 2.11 bits per heavy atom. The molecule has 1 amide bonds. The van der Waals surface area contributed by atoms with Crippen LogP contribution in [0.25, 0.3) is 0 Å². The summed E-state index contributed by atoms with van der Waals surface area (Å²) in [6.07, 6.45) is 1.94. The molecule has 2 aromatic rings. The van der Waals surface area contributed by atoms with Crippen molar-refractivity contribution in [2.75, 3.05) is 32.9 Å². The number of morpholine rings is 1. The second kappa shape index (κ2) is 9.11. The minimum atomic E-state index is 0.0207. The van der Waals surface area contributed by atoms with E-state index in [1.54, 1.807) is 4.68 Å². The lowest BCUT2D eigenvalue weighted by Crippen LogP contribution is -2.42. The third kappa shape index (κ3) is 4.85. The van der Waals surface area contributed by atoms with Crippen LogP contribution in [0.2, 0.25) is 0 Å². The van der Waals surface area contributed by atoms with Gasteiger partial charge >= 0.3 is 0 Å². The number of aromatic nitrogens is 4. The van der Waals surface area contributed by atoms with E-state index in [-0.39, 0.29) is 11.9 Å². The van der Waals surface area contributed by atoms with E-state index in [2.05, 4.69) is 25.7 Å². The summed E-state index contributed by atoms with van der Waals surface area (Å²) >= 11 is 0. The summed E-state index contributed by atoms with van der Waals surface area (Å²) in [4.78, 5) is 14.6. The second-order valence-corrected chi connectivity index (χ2v) is 7.20. The monoisotopic (exact) mass is 386 g/mol. The Morgan fingerprint density at radius 3 is 3.00 bits per heavy atom. The van der Waals surface area contributed by atoms with Crippen LogP contribution in [0.5, 0.6) is 5.75 Å². The highest BCUT2D eigenvalue weighted by Gasteiger charge is 2.21. The highest BCUT2D eigenvalue weighted by Crippen LogP contribution is 2.23. The number of benzene rings is 1. The number of ether oxygens (including phenoxy) is 2. The molecule has 1 saturated heterocycles. The van der Waals surface area contributed by atoms with Gasteiger partial charge in [-0.2, -0.15) is 0 Å². The van der Waals surface area contributed by atoms with Gasteiger partial charge in [-0.3, -0.25) is 9.69 Å². The van der Waals surface area contributed by atoms with Crippen LogP contribution in [-0.2, 0) is 29.0 Å². The van der Waals surface area contributed by atoms with Crippen molar-refractivity contribution in [3.8, 4) is 5.75 Å². The van der Waals surface area contributed by atoms with Crippen LogP contribution in [0.15, 0.2) is 24.3 Å². The summed E-state index contributed by atoms with van der Waals surface area (Å²) in [6, 6.07) is 7.99. The Balaban J connectivity index is 1.20. The molecule has 0 bridgehead atoms. The number of hydrogen-bond donors (Lipinski definition) is 1. The van der Waals surface area contributed by atoms with Crippen LogP contribution in [0.3, 0.4) is 0 Å². The smallest absolute Gasteiger partial charge is 0.220 e. The third-order valence-corrected chi connectivity index (χ3v) is 5.09. The van der Waals surface area contributed by atoms with E-state index in [9.17, 15) is 4.79 Å². The van der Waals surface area contributed by atoms with Gasteiger partial charge in [0.15, 0.2) is 5.82 Å². The Bertz CT molecular complexity index is 789. The van der Waals surface area contributed by atoms with Gasteiger partial charge in [0.1, 0.15) is 12.4 Å². The van der Waals surface area contributed by atoms with Crippen molar-refractivity contribution in [1.82, 2.24) is 30.4 Å². The van der Waals surface area contributed by atoms with E-state index in [0.717, 1.165) is 49.9 Å². The third-order valence-electron chi connectivity index (χ3n) is 5.09. The first kappa shape index (κ1) is 18.8. The molecule has 1 N–H and O–H groups in total. The number of para-hydroxylation sites is 1. The summed E-state index contributed by atoms with van der Waals surface area (Å²) in [7, 11) is 0. The number of nitrogens with one attached hydrogen (secondary N) is 1. The van der Waals surface area contributed by atoms with Crippen molar-refractivity contribution in [3.05, 3.63) is 35.7 Å². The lowest BCUT2D eigenvalue weighted by Gasteiger charge is -2.26. The van der Waals surface area contributed by atoms with Gasteiger partial charge in [-0.15, -0.1) is 5.10 Å². The molecule has 1 aromatic heterocycles. The SMILES string of the molecule is O=C(CCCn1nnnc1CN1CCOCC1)N[C@@H]1COc2ccccc2C1. The van der Waals surface area contributed by atoms with Crippen LogP contribution in [0.1, 0.15) is 24.2 Å². The number of rotatable bonds is 7. The van der Waals surface area contributed by atoms with E-state index in [0.29, 0.717) is 32.5 Å². The number of fused-ring (bicyclic) bond motifs is 1. The predicted octanol–water partition coefficient (Wildman–Crippen LogP) is 0.405. The Hall–Kier alpha value is -2.52. The fraction of sp³-hybridized carbons (Fsp3) is 0.579. The van der Waals surface area contributed by atoms with Crippen LogP contribution in [0.4, 0.5) is 0 Å². The average Bonchev–Trinajstić information content (AvgIpc) is 3.15. The van der Waals surface area contributed by atoms with Gasteiger partial charge < -0.3 is 14.8 Å². The molecule has 1 aromatic carbocycles. The molecule has 2 aliphatic rings. The molecule has 0 saturated carbocycles. The average molecular weight is 386 g/mol. The van der Waals surface area contributed by atoms with E-state index in [1.165, 1.54) is 0 Å². The lowest BCUT2D eigenvalue weighted by atomic mass is 10.0.